The van der Waals surface area contributed by atoms with Crippen LogP contribution in [0.1, 0.15) is 57.4 Å². The highest BCUT2D eigenvalue weighted by Gasteiger charge is 2.30. The maximum Gasteiger partial charge on any atom is 0.416 e. The zero-order valence-electron chi connectivity index (χ0n) is 22.3. The van der Waals surface area contributed by atoms with E-state index in [1.165, 1.54) is 17.0 Å². The van der Waals surface area contributed by atoms with Crippen molar-refractivity contribution in [2.45, 2.75) is 59.1 Å². The summed E-state index contributed by atoms with van der Waals surface area (Å²) in [4.78, 5) is 27.4. The second kappa shape index (κ2) is 11.7. The number of urea groups is 1. The van der Waals surface area contributed by atoms with Crippen molar-refractivity contribution in [2.24, 2.45) is 0 Å². The van der Waals surface area contributed by atoms with Crippen LogP contribution in [0, 0.1) is 6.92 Å². The molecule has 38 heavy (non-hydrogen) atoms. The number of carbonyl (C=O) groups is 2. The molecule has 0 aliphatic rings. The molecule has 2 aromatic carbocycles. The summed E-state index contributed by atoms with van der Waals surface area (Å²) in [5.74, 6) is 0.0575. The van der Waals surface area contributed by atoms with E-state index < -0.39 is 23.7 Å². The maximum atomic E-state index is 13.1. The van der Waals surface area contributed by atoms with E-state index in [0.717, 1.165) is 35.5 Å². The van der Waals surface area contributed by atoms with E-state index in [-0.39, 0.29) is 17.6 Å². The van der Waals surface area contributed by atoms with Crippen molar-refractivity contribution >= 4 is 23.4 Å². The summed E-state index contributed by atoms with van der Waals surface area (Å²) < 4.78 is 40.2. The minimum absolute atomic E-state index is 0.206. The summed E-state index contributed by atoms with van der Waals surface area (Å²) >= 11 is 0. The monoisotopic (exact) mass is 529 g/mol. The fraction of sp³-hybridized carbons (Fsp3) is 0.393. The van der Waals surface area contributed by atoms with Gasteiger partial charge in [-0.3, -0.25) is 4.79 Å². The first-order valence-corrected chi connectivity index (χ1v) is 12.5. The highest BCUT2D eigenvalue weighted by atomic mass is 19.4. The Balaban J connectivity index is 1.78. The lowest BCUT2D eigenvalue weighted by molar-refractivity contribution is -0.137. The zero-order valence-corrected chi connectivity index (χ0v) is 22.3. The number of aryl methyl sites for hydroxylation is 1. The topological polar surface area (TPSA) is 79.3 Å². The summed E-state index contributed by atoms with van der Waals surface area (Å²) in [5, 5.41) is 10.2. The lowest BCUT2D eigenvalue weighted by atomic mass is 9.92. The van der Waals surface area contributed by atoms with Gasteiger partial charge in [-0.15, -0.1) is 0 Å². The van der Waals surface area contributed by atoms with Gasteiger partial charge in [-0.05, 0) is 55.3 Å². The highest BCUT2D eigenvalue weighted by molar-refractivity contribution is 5.96. The van der Waals surface area contributed by atoms with E-state index in [1.807, 2.05) is 65.0 Å². The number of alkyl halides is 3. The molecule has 3 amide bonds. The molecule has 0 saturated carbocycles. The molecule has 1 heterocycles. The second-order valence-electron chi connectivity index (χ2n) is 10.2. The Kier molecular flexibility index (Phi) is 8.85. The van der Waals surface area contributed by atoms with Crippen molar-refractivity contribution in [3.8, 4) is 5.69 Å². The Hall–Kier alpha value is -3.82. The van der Waals surface area contributed by atoms with Gasteiger partial charge in [-0.2, -0.15) is 18.3 Å². The van der Waals surface area contributed by atoms with E-state index >= 15 is 0 Å². The molecule has 0 bridgehead atoms. The average molecular weight is 530 g/mol. The Labute approximate surface area is 221 Å². The molecule has 10 heteroatoms. The molecule has 7 nitrogen and oxygen atoms in total. The Morgan fingerprint density at radius 2 is 1.68 bits per heavy atom. The first kappa shape index (κ1) is 28.7. The number of nitrogens with one attached hydrogen (secondary N) is 2. The van der Waals surface area contributed by atoms with Gasteiger partial charge in [0.05, 0.1) is 16.9 Å². The van der Waals surface area contributed by atoms with Crippen molar-refractivity contribution in [1.29, 1.82) is 0 Å². The molecule has 0 saturated heterocycles. The van der Waals surface area contributed by atoms with Crippen LogP contribution in [-0.4, -0.2) is 39.7 Å². The van der Waals surface area contributed by atoms with Crippen LogP contribution in [-0.2, 0) is 16.4 Å². The van der Waals surface area contributed by atoms with Crippen LogP contribution in [0.15, 0.2) is 54.6 Å². The van der Waals surface area contributed by atoms with Crippen LogP contribution >= 0.6 is 0 Å². The Bertz CT molecular complexity index is 1260. The van der Waals surface area contributed by atoms with Crippen molar-refractivity contribution in [3.63, 3.8) is 0 Å². The number of hydrogen-bond donors (Lipinski definition) is 2. The normalized spacial score (nSPS) is 11.8. The predicted octanol–water partition coefficient (Wildman–Crippen LogP) is 6.77. The molecule has 1 aromatic heterocycles. The molecule has 204 valence electrons. The highest BCUT2D eigenvalue weighted by Crippen LogP contribution is 2.30. The van der Waals surface area contributed by atoms with Crippen molar-refractivity contribution < 1.29 is 22.8 Å². The van der Waals surface area contributed by atoms with Gasteiger partial charge in [0.25, 0.3) is 0 Å². The summed E-state index contributed by atoms with van der Waals surface area (Å²) in [6, 6.07) is 13.2. The van der Waals surface area contributed by atoms with Gasteiger partial charge in [0.15, 0.2) is 0 Å². The maximum absolute atomic E-state index is 13.1. The second-order valence-corrected chi connectivity index (χ2v) is 10.2. The van der Waals surface area contributed by atoms with E-state index in [1.54, 1.807) is 4.68 Å². The molecule has 3 rings (SSSR count). The molecule has 0 atom stereocenters. The SMILES string of the molecule is CCCCN(CC(=O)Nc1cc(C(C)(C)C)nn1-c1cccc(C)c1)C(=O)Nc1ccc(C(F)(F)F)cc1. The molecule has 0 unspecified atom stereocenters. The fourth-order valence-electron chi connectivity index (χ4n) is 3.70. The van der Waals surface area contributed by atoms with E-state index in [0.29, 0.717) is 18.8 Å². The average Bonchev–Trinajstić information content (AvgIpc) is 3.25. The summed E-state index contributed by atoms with van der Waals surface area (Å²) in [6.45, 7) is 10.1. The van der Waals surface area contributed by atoms with Crippen LogP contribution in [0.3, 0.4) is 0 Å². The quantitative estimate of drug-likeness (QED) is 0.338. The molecule has 3 aromatic rings. The summed E-state index contributed by atoms with van der Waals surface area (Å²) in [7, 11) is 0. The van der Waals surface area contributed by atoms with Crippen LogP contribution in [0.25, 0.3) is 5.69 Å². The molecule has 0 aliphatic heterocycles. The number of rotatable bonds is 8. The van der Waals surface area contributed by atoms with Crippen LogP contribution in [0.2, 0.25) is 0 Å². The minimum Gasteiger partial charge on any atom is -0.315 e. The number of unbranched alkanes of at least 4 members (excludes halogenated alkanes) is 1. The number of carbonyl (C=O) groups excluding carboxylic acids is 2. The van der Waals surface area contributed by atoms with Crippen LogP contribution in [0.4, 0.5) is 29.5 Å². The van der Waals surface area contributed by atoms with E-state index in [9.17, 15) is 22.8 Å². The van der Waals surface area contributed by atoms with Crippen molar-refractivity contribution in [1.82, 2.24) is 14.7 Å². The van der Waals surface area contributed by atoms with Gasteiger partial charge in [0.1, 0.15) is 12.4 Å². The number of hydrogen-bond acceptors (Lipinski definition) is 3. The number of anilines is 2. The fourth-order valence-corrected chi connectivity index (χ4v) is 3.70. The van der Waals surface area contributed by atoms with Gasteiger partial charge >= 0.3 is 12.2 Å². The third-order valence-electron chi connectivity index (χ3n) is 5.86. The van der Waals surface area contributed by atoms with E-state index in [2.05, 4.69) is 10.6 Å². The summed E-state index contributed by atoms with van der Waals surface area (Å²) in [6.07, 6.45) is -3.02. The number of aromatic nitrogens is 2. The Morgan fingerprint density at radius 3 is 2.26 bits per heavy atom. The number of benzene rings is 2. The Morgan fingerprint density at radius 1 is 1.00 bits per heavy atom. The largest absolute Gasteiger partial charge is 0.416 e. The smallest absolute Gasteiger partial charge is 0.315 e. The van der Waals surface area contributed by atoms with E-state index in [4.69, 9.17) is 5.10 Å². The van der Waals surface area contributed by atoms with Crippen molar-refractivity contribution in [3.05, 3.63) is 71.4 Å². The third kappa shape index (κ3) is 7.60. The molecule has 0 fully saturated rings. The van der Waals surface area contributed by atoms with Gasteiger partial charge < -0.3 is 15.5 Å². The lowest BCUT2D eigenvalue weighted by Crippen LogP contribution is -2.41. The molecule has 0 radical (unpaired) electrons. The zero-order chi connectivity index (χ0) is 28.1. The molecule has 0 spiro atoms. The summed E-state index contributed by atoms with van der Waals surface area (Å²) in [5.41, 5.74) is 1.76. The van der Waals surface area contributed by atoms with Gasteiger partial charge in [0.2, 0.25) is 5.91 Å². The molecule has 0 aliphatic carbocycles. The first-order valence-electron chi connectivity index (χ1n) is 12.5. The van der Waals surface area contributed by atoms with Crippen LogP contribution in [0.5, 0.6) is 0 Å². The van der Waals surface area contributed by atoms with Crippen LogP contribution < -0.4 is 10.6 Å². The third-order valence-corrected chi connectivity index (χ3v) is 5.86. The van der Waals surface area contributed by atoms with Gasteiger partial charge in [0, 0.05) is 23.7 Å². The standard InChI is InChI=1S/C28H34F3N5O2/c1-6-7-15-35(26(38)32-21-13-11-20(12-14-21)28(29,30)31)18-25(37)33-24-17-23(27(3,4)5)34-36(24)22-10-8-9-19(2)16-22/h8-14,16-17H,6-7,15,18H2,1-5H3,(H,32,38)(H,33,37). The molecular formula is C28H34F3N5O2. The number of nitrogens with zero attached hydrogens (tertiary/aromatic N) is 3. The lowest BCUT2D eigenvalue weighted by Gasteiger charge is -2.22. The predicted molar refractivity (Wildman–Crippen MR) is 143 cm³/mol. The number of amides is 3. The minimum atomic E-state index is -4.47. The molecular weight excluding hydrogens is 495 g/mol. The van der Waals surface area contributed by atoms with Crippen molar-refractivity contribution in [2.75, 3.05) is 23.7 Å². The van der Waals surface area contributed by atoms with Gasteiger partial charge in [-0.25, -0.2) is 9.48 Å². The van der Waals surface area contributed by atoms with Gasteiger partial charge in [-0.1, -0.05) is 46.2 Å². The number of halogens is 3. The molecule has 2 N–H and O–H groups in total. The first-order chi connectivity index (χ1) is 17.8.